The number of hydrogen-bond acceptors (Lipinski definition) is 2. The molecule has 2 rings (SSSR count). The van der Waals surface area contributed by atoms with Crippen LogP contribution in [0.4, 0.5) is 5.69 Å². The highest BCUT2D eigenvalue weighted by Gasteiger charge is 2.12. The molecule has 100 valence electrons. The predicted molar refractivity (Wildman–Crippen MR) is 82.4 cm³/mol. The molecule has 0 amide bonds. The van der Waals surface area contributed by atoms with Gasteiger partial charge in [-0.15, -0.1) is 0 Å². The molecule has 0 spiro atoms. The summed E-state index contributed by atoms with van der Waals surface area (Å²) in [5, 5.41) is 1.47. The molecule has 0 aromatic heterocycles. The molecule has 0 radical (unpaired) electrons. The maximum Gasteiger partial charge on any atom is 0.0592 e. The number of rotatable bonds is 3. The third kappa shape index (κ3) is 3.63. The van der Waals surface area contributed by atoms with Crippen molar-refractivity contribution in [3.63, 3.8) is 0 Å². The van der Waals surface area contributed by atoms with Crippen LogP contribution in [-0.4, -0.2) is 4.21 Å². The summed E-state index contributed by atoms with van der Waals surface area (Å²) >= 11 is 17.7. The zero-order chi connectivity index (χ0) is 14.0. The molecule has 2 aromatic carbocycles. The first kappa shape index (κ1) is 14.7. The van der Waals surface area contributed by atoms with Gasteiger partial charge in [-0.2, -0.15) is 0 Å². The lowest BCUT2D eigenvalue weighted by Crippen LogP contribution is -2.01. The Kier molecular flexibility index (Phi) is 4.74. The molecule has 0 aliphatic heterocycles. The van der Waals surface area contributed by atoms with Gasteiger partial charge in [0.1, 0.15) is 0 Å². The van der Waals surface area contributed by atoms with Gasteiger partial charge < -0.3 is 5.73 Å². The maximum absolute atomic E-state index is 12.3. The average molecular weight is 335 g/mol. The molecular weight excluding hydrogens is 325 g/mol. The molecule has 0 heterocycles. The summed E-state index contributed by atoms with van der Waals surface area (Å²) in [4.78, 5) is 0.503. The van der Waals surface area contributed by atoms with Crippen molar-refractivity contribution < 1.29 is 4.21 Å². The van der Waals surface area contributed by atoms with Gasteiger partial charge in [0.05, 0.1) is 26.5 Å². The number of benzene rings is 2. The zero-order valence-corrected chi connectivity index (χ0v) is 12.8. The van der Waals surface area contributed by atoms with E-state index in [0.717, 1.165) is 5.56 Å². The Morgan fingerprint density at radius 3 is 2.32 bits per heavy atom. The van der Waals surface area contributed by atoms with Crippen molar-refractivity contribution in [2.75, 3.05) is 5.73 Å². The van der Waals surface area contributed by atoms with Crippen molar-refractivity contribution in [2.45, 2.75) is 10.6 Å². The van der Waals surface area contributed by atoms with Crippen molar-refractivity contribution in [3.05, 3.63) is 57.0 Å². The Morgan fingerprint density at radius 1 is 1.00 bits per heavy atom. The summed E-state index contributed by atoms with van der Waals surface area (Å²) in [6, 6.07) is 9.99. The normalized spacial score (nSPS) is 12.4. The molecule has 0 aliphatic rings. The second-order valence-electron chi connectivity index (χ2n) is 3.91. The van der Waals surface area contributed by atoms with E-state index in [9.17, 15) is 4.21 Å². The highest BCUT2D eigenvalue weighted by Crippen LogP contribution is 2.27. The van der Waals surface area contributed by atoms with Gasteiger partial charge >= 0.3 is 0 Å². The minimum atomic E-state index is -1.31. The number of nitrogens with two attached hydrogens (primary N) is 1. The van der Waals surface area contributed by atoms with Crippen LogP contribution in [0, 0.1) is 0 Å². The van der Waals surface area contributed by atoms with Crippen molar-refractivity contribution in [1.82, 2.24) is 0 Å². The summed E-state index contributed by atoms with van der Waals surface area (Å²) < 4.78 is 12.3. The zero-order valence-electron chi connectivity index (χ0n) is 9.70. The second-order valence-corrected chi connectivity index (χ2v) is 6.61. The Bertz CT molecular complexity index is 646. The molecule has 19 heavy (non-hydrogen) atoms. The van der Waals surface area contributed by atoms with Crippen molar-refractivity contribution in [2.24, 2.45) is 0 Å². The molecule has 0 saturated heterocycles. The molecule has 0 aliphatic carbocycles. The predicted octanol–water partition coefficient (Wildman–Crippen LogP) is 4.54. The van der Waals surface area contributed by atoms with Gasteiger partial charge in [0.25, 0.3) is 0 Å². The molecule has 2 N–H and O–H groups in total. The fourth-order valence-electron chi connectivity index (χ4n) is 1.57. The summed E-state index contributed by atoms with van der Waals surface area (Å²) in [7, 11) is -1.31. The van der Waals surface area contributed by atoms with Crippen LogP contribution in [0.1, 0.15) is 5.56 Å². The monoisotopic (exact) mass is 333 g/mol. The third-order valence-corrected chi connectivity index (χ3v) is 4.85. The summed E-state index contributed by atoms with van der Waals surface area (Å²) in [5.41, 5.74) is 7.11. The van der Waals surface area contributed by atoms with Crippen LogP contribution in [0.2, 0.25) is 15.1 Å². The maximum atomic E-state index is 12.3. The van der Waals surface area contributed by atoms with E-state index in [4.69, 9.17) is 40.5 Å². The lowest BCUT2D eigenvalue weighted by Gasteiger charge is -2.08. The van der Waals surface area contributed by atoms with E-state index in [0.29, 0.717) is 25.7 Å². The van der Waals surface area contributed by atoms with E-state index in [2.05, 4.69) is 0 Å². The molecule has 1 unspecified atom stereocenters. The lowest BCUT2D eigenvalue weighted by atomic mass is 10.2. The molecule has 0 saturated carbocycles. The molecule has 2 nitrogen and oxygen atoms in total. The highest BCUT2D eigenvalue weighted by atomic mass is 35.5. The second kappa shape index (κ2) is 6.14. The van der Waals surface area contributed by atoms with Crippen LogP contribution in [0.5, 0.6) is 0 Å². The van der Waals surface area contributed by atoms with Gasteiger partial charge in [0.15, 0.2) is 0 Å². The van der Waals surface area contributed by atoms with E-state index in [-0.39, 0.29) is 5.75 Å². The Hall–Kier alpha value is -0.740. The molecule has 0 bridgehead atoms. The van der Waals surface area contributed by atoms with Crippen LogP contribution >= 0.6 is 34.8 Å². The highest BCUT2D eigenvalue weighted by molar-refractivity contribution is 7.84. The first-order chi connectivity index (χ1) is 8.97. The van der Waals surface area contributed by atoms with Gasteiger partial charge in [0, 0.05) is 15.7 Å². The first-order valence-electron chi connectivity index (χ1n) is 5.34. The van der Waals surface area contributed by atoms with E-state index in [1.165, 1.54) is 0 Å². The van der Waals surface area contributed by atoms with E-state index >= 15 is 0 Å². The van der Waals surface area contributed by atoms with Crippen LogP contribution in [0.15, 0.2) is 41.3 Å². The fraction of sp³-hybridized carbons (Fsp3) is 0.0769. The Balaban J connectivity index is 2.28. The van der Waals surface area contributed by atoms with E-state index in [1.807, 2.05) is 0 Å². The van der Waals surface area contributed by atoms with Gasteiger partial charge in [-0.05, 0) is 35.9 Å². The molecule has 2 aromatic rings. The van der Waals surface area contributed by atoms with Crippen LogP contribution in [-0.2, 0) is 16.6 Å². The smallest absolute Gasteiger partial charge is 0.0592 e. The third-order valence-electron chi connectivity index (χ3n) is 2.53. The van der Waals surface area contributed by atoms with Gasteiger partial charge in [-0.25, -0.2) is 0 Å². The van der Waals surface area contributed by atoms with Crippen molar-refractivity contribution >= 4 is 51.3 Å². The Labute approximate surface area is 128 Å². The van der Waals surface area contributed by atoms with Gasteiger partial charge in [-0.1, -0.05) is 40.9 Å². The van der Waals surface area contributed by atoms with Crippen LogP contribution in [0.25, 0.3) is 0 Å². The largest absolute Gasteiger partial charge is 0.398 e. The van der Waals surface area contributed by atoms with E-state index in [1.54, 1.807) is 36.4 Å². The number of nitrogen functional groups attached to an aromatic ring is 1. The molecule has 0 fully saturated rings. The van der Waals surface area contributed by atoms with Crippen molar-refractivity contribution in [1.29, 1.82) is 0 Å². The van der Waals surface area contributed by atoms with Crippen LogP contribution < -0.4 is 5.73 Å². The number of halogens is 3. The quantitative estimate of drug-likeness (QED) is 0.838. The minimum absolute atomic E-state index is 0.267. The average Bonchev–Trinajstić information content (AvgIpc) is 2.35. The van der Waals surface area contributed by atoms with Crippen molar-refractivity contribution in [3.8, 4) is 0 Å². The lowest BCUT2D eigenvalue weighted by molar-refractivity contribution is 0.682. The number of anilines is 1. The fourth-order valence-corrected chi connectivity index (χ4v) is 3.61. The summed E-state index contributed by atoms with van der Waals surface area (Å²) in [5.74, 6) is 0.267. The standard InChI is InChI=1S/C13H10Cl3NOS/c14-9-2-1-8(12(17)5-9)7-19(18)13-6-10(15)3-4-11(13)16/h1-6H,7,17H2. The molecule has 1 atom stereocenters. The SMILES string of the molecule is Nc1cc(Cl)ccc1CS(=O)c1cc(Cl)ccc1Cl. The number of hydrogen-bond donors (Lipinski definition) is 1. The minimum Gasteiger partial charge on any atom is -0.398 e. The topological polar surface area (TPSA) is 43.1 Å². The Morgan fingerprint density at radius 2 is 1.63 bits per heavy atom. The van der Waals surface area contributed by atoms with Gasteiger partial charge in [0.2, 0.25) is 0 Å². The summed E-state index contributed by atoms with van der Waals surface area (Å²) in [6.07, 6.45) is 0. The summed E-state index contributed by atoms with van der Waals surface area (Å²) in [6.45, 7) is 0. The molecular formula is C13H10Cl3NOS. The first-order valence-corrected chi connectivity index (χ1v) is 7.80. The van der Waals surface area contributed by atoms with Crippen LogP contribution in [0.3, 0.4) is 0 Å². The van der Waals surface area contributed by atoms with E-state index < -0.39 is 10.8 Å². The molecule has 6 heteroatoms. The van der Waals surface area contributed by atoms with Gasteiger partial charge in [-0.3, -0.25) is 4.21 Å².